The van der Waals surface area contributed by atoms with Crippen LogP contribution < -0.4 is 10.8 Å². The van der Waals surface area contributed by atoms with Gasteiger partial charge in [-0.15, -0.1) is 0 Å². The molecule has 0 radical (unpaired) electrons. The van der Waals surface area contributed by atoms with Crippen LogP contribution in [0.5, 0.6) is 0 Å². The summed E-state index contributed by atoms with van der Waals surface area (Å²) in [4.78, 5) is 21.8. The molecule has 1 amide bonds. The molecule has 2 aromatic carbocycles. The van der Waals surface area contributed by atoms with Crippen LogP contribution in [0.15, 0.2) is 29.4 Å². The van der Waals surface area contributed by atoms with Gasteiger partial charge >= 0.3 is 0 Å². The zero-order valence-corrected chi connectivity index (χ0v) is 16.6. The smallest absolute Gasteiger partial charge is 0.277 e. The van der Waals surface area contributed by atoms with E-state index in [1.165, 1.54) is 12.1 Å². The highest BCUT2D eigenvalue weighted by Crippen LogP contribution is 2.30. The van der Waals surface area contributed by atoms with E-state index in [2.05, 4.69) is 15.3 Å². The molecule has 0 fully saturated rings. The highest BCUT2D eigenvalue weighted by Gasteiger charge is 2.23. The number of nitrogens with one attached hydrogen (secondary N) is 2. The van der Waals surface area contributed by atoms with E-state index in [4.69, 9.17) is 15.1 Å². The molecule has 31 heavy (non-hydrogen) atoms. The van der Waals surface area contributed by atoms with E-state index in [1.807, 2.05) is 12.4 Å². The predicted octanol–water partition coefficient (Wildman–Crippen LogP) is 2.41. The number of anilines is 2. The number of nitrogens with zero attached hydrogens (tertiary/aromatic N) is 1. The number of hydroxylamine groups is 1. The summed E-state index contributed by atoms with van der Waals surface area (Å²) < 4.78 is 43.8. The van der Waals surface area contributed by atoms with Crippen LogP contribution in [0.25, 0.3) is 0 Å². The zero-order valence-electron chi connectivity index (χ0n) is 16.6. The van der Waals surface area contributed by atoms with Gasteiger partial charge in [-0.2, -0.15) is 0 Å². The second-order valence-corrected chi connectivity index (χ2v) is 6.10. The topological polar surface area (TPSA) is 112 Å². The minimum Gasteiger partial charge on any atom is -0.394 e. The van der Waals surface area contributed by atoms with Crippen LogP contribution in [-0.4, -0.2) is 48.8 Å². The summed E-state index contributed by atoms with van der Waals surface area (Å²) in [7, 11) is 0. The number of halogens is 3. The average molecular weight is 441 g/mol. The fraction of sp³-hybridized carbons (Fsp3) is 0.300. The van der Waals surface area contributed by atoms with Gasteiger partial charge in [0, 0.05) is 5.56 Å². The van der Waals surface area contributed by atoms with E-state index in [0.717, 1.165) is 12.3 Å². The molecular weight excluding hydrogens is 419 g/mol. The van der Waals surface area contributed by atoms with Crippen LogP contribution in [0.2, 0.25) is 0 Å². The number of benzene rings is 2. The maximum absolute atomic E-state index is 14.8. The number of aryl methyl sites for hydroxylation is 1. The van der Waals surface area contributed by atoms with Gasteiger partial charge in [0.05, 0.1) is 43.0 Å². The van der Waals surface area contributed by atoms with Crippen molar-refractivity contribution in [1.82, 2.24) is 5.48 Å². The Labute approximate surface area is 176 Å². The number of carbonyl (C=O) groups is 1. The maximum Gasteiger partial charge on any atom is 0.277 e. The van der Waals surface area contributed by atoms with E-state index >= 15 is 0 Å². The Bertz CT molecular complexity index is 941. The molecule has 0 aliphatic heterocycles. The van der Waals surface area contributed by atoms with Crippen LogP contribution in [0.4, 0.5) is 24.5 Å². The van der Waals surface area contributed by atoms with Crippen molar-refractivity contribution < 1.29 is 37.9 Å². The van der Waals surface area contributed by atoms with E-state index in [0.29, 0.717) is 12.0 Å². The molecular formula is C20H22F3N3O5. The fourth-order valence-electron chi connectivity index (χ4n) is 2.46. The van der Waals surface area contributed by atoms with Crippen LogP contribution in [-0.2, 0) is 16.1 Å². The Hall–Kier alpha value is -3.15. The molecule has 0 saturated carbocycles. The quantitative estimate of drug-likeness (QED) is 0.242. The summed E-state index contributed by atoms with van der Waals surface area (Å²) >= 11 is 0. The first kappa shape index (κ1) is 24.1. The lowest BCUT2D eigenvalue weighted by Crippen LogP contribution is -2.26. The Kier molecular flexibility index (Phi) is 9.25. The monoisotopic (exact) mass is 441 g/mol. The number of amides is 1. The molecule has 11 heteroatoms. The molecule has 0 heterocycles. The summed E-state index contributed by atoms with van der Waals surface area (Å²) in [5, 5.41) is 23.2. The van der Waals surface area contributed by atoms with Gasteiger partial charge in [0.25, 0.3) is 5.91 Å². The van der Waals surface area contributed by atoms with Gasteiger partial charge < -0.3 is 20.4 Å². The number of aliphatic hydroxyl groups is 2. The molecule has 0 aromatic heterocycles. The lowest BCUT2D eigenvalue weighted by atomic mass is 10.1. The molecule has 0 bridgehead atoms. The van der Waals surface area contributed by atoms with Gasteiger partial charge in [0.15, 0.2) is 11.6 Å². The molecule has 0 saturated heterocycles. The third-order valence-electron chi connectivity index (χ3n) is 3.99. The first-order valence-electron chi connectivity index (χ1n) is 9.29. The number of rotatable bonds is 11. The fourth-order valence-corrected chi connectivity index (χ4v) is 2.46. The molecule has 0 aliphatic carbocycles. The molecule has 0 spiro atoms. The molecule has 2 aromatic rings. The number of carbonyl (C=O) groups excluding carboxylic acids is 1. The summed E-state index contributed by atoms with van der Waals surface area (Å²) in [6.45, 7) is 0.689. The highest BCUT2D eigenvalue weighted by atomic mass is 19.2. The minimum atomic E-state index is -1.46. The average Bonchev–Trinajstić information content (AvgIpc) is 2.76. The normalized spacial score (nSPS) is 11.0. The molecule has 168 valence electrons. The molecule has 0 unspecified atom stereocenters. The van der Waals surface area contributed by atoms with Crippen molar-refractivity contribution in [3.8, 4) is 0 Å². The van der Waals surface area contributed by atoms with Crippen molar-refractivity contribution in [3.63, 3.8) is 0 Å². The van der Waals surface area contributed by atoms with Crippen molar-refractivity contribution in [3.05, 3.63) is 58.4 Å². The largest absolute Gasteiger partial charge is 0.394 e. The number of hydrogen-bond donors (Lipinski definition) is 4. The van der Waals surface area contributed by atoms with E-state index in [1.54, 1.807) is 6.07 Å². The zero-order chi connectivity index (χ0) is 22.8. The summed E-state index contributed by atoms with van der Waals surface area (Å²) in [6.07, 6.45) is 1.39. The van der Waals surface area contributed by atoms with Gasteiger partial charge in [0.1, 0.15) is 12.4 Å². The Morgan fingerprint density at radius 2 is 1.87 bits per heavy atom. The van der Waals surface area contributed by atoms with Gasteiger partial charge in [-0.25, -0.2) is 18.7 Å². The summed E-state index contributed by atoms with van der Waals surface area (Å²) in [5.74, 6) is -4.52. The van der Waals surface area contributed by atoms with E-state index in [-0.39, 0.29) is 25.5 Å². The Morgan fingerprint density at radius 1 is 1.13 bits per heavy atom. The SMILES string of the molecule is CCc1ccc(Nc2c(C(=O)NOCCO)cc(C=NOCCO)c(F)c2F)c(F)c1. The van der Waals surface area contributed by atoms with Crippen LogP contribution in [0, 0.1) is 17.5 Å². The molecule has 0 aliphatic rings. The second-order valence-electron chi connectivity index (χ2n) is 6.10. The van der Waals surface area contributed by atoms with Gasteiger partial charge in [-0.3, -0.25) is 9.63 Å². The van der Waals surface area contributed by atoms with Crippen LogP contribution >= 0.6 is 0 Å². The van der Waals surface area contributed by atoms with Crippen molar-refractivity contribution in [1.29, 1.82) is 0 Å². The summed E-state index contributed by atoms with van der Waals surface area (Å²) in [5.41, 5.74) is 1.02. The van der Waals surface area contributed by atoms with E-state index < -0.39 is 46.8 Å². The van der Waals surface area contributed by atoms with Gasteiger partial charge in [-0.1, -0.05) is 18.1 Å². The van der Waals surface area contributed by atoms with E-state index in [9.17, 15) is 18.0 Å². The van der Waals surface area contributed by atoms with Gasteiger partial charge in [-0.05, 0) is 30.2 Å². The van der Waals surface area contributed by atoms with Gasteiger partial charge in [0.2, 0.25) is 0 Å². The highest BCUT2D eigenvalue weighted by molar-refractivity contribution is 6.01. The number of aliphatic hydroxyl groups excluding tert-OH is 2. The minimum absolute atomic E-state index is 0.171. The summed E-state index contributed by atoms with van der Waals surface area (Å²) in [6, 6.07) is 5.14. The predicted molar refractivity (Wildman–Crippen MR) is 107 cm³/mol. The third kappa shape index (κ3) is 6.41. The molecule has 0 atom stereocenters. The molecule has 8 nitrogen and oxygen atoms in total. The van der Waals surface area contributed by atoms with Crippen molar-refractivity contribution in [2.45, 2.75) is 13.3 Å². The third-order valence-corrected chi connectivity index (χ3v) is 3.99. The number of oxime groups is 1. The van der Waals surface area contributed by atoms with Crippen LogP contribution in [0.3, 0.4) is 0 Å². The Morgan fingerprint density at radius 3 is 2.52 bits per heavy atom. The molecule has 2 rings (SSSR count). The first-order valence-corrected chi connectivity index (χ1v) is 9.29. The lowest BCUT2D eigenvalue weighted by Gasteiger charge is -2.16. The van der Waals surface area contributed by atoms with Crippen LogP contribution in [0.1, 0.15) is 28.4 Å². The van der Waals surface area contributed by atoms with Crippen molar-refractivity contribution in [2.24, 2.45) is 5.16 Å². The molecule has 4 N–H and O–H groups in total. The van der Waals surface area contributed by atoms with Crippen molar-refractivity contribution in [2.75, 3.05) is 31.7 Å². The number of hydrogen-bond acceptors (Lipinski definition) is 7. The lowest BCUT2D eigenvalue weighted by molar-refractivity contribution is 0.0168. The standard InChI is InChI=1S/C20H22F3N3O5/c1-2-12-3-4-16(15(21)9-12)25-19-14(20(29)26-31-8-6-28)10-13(17(22)18(19)23)11-24-30-7-5-27/h3-4,9-11,25,27-28H,2,5-8H2,1H3,(H,26,29). The first-order chi connectivity index (χ1) is 14.9. The second kappa shape index (κ2) is 11.9. The van der Waals surface area contributed by atoms with Crippen molar-refractivity contribution >= 4 is 23.5 Å². The Balaban J connectivity index is 2.47. The maximum atomic E-state index is 14.8.